The van der Waals surface area contributed by atoms with Crippen molar-refractivity contribution in [2.45, 2.75) is 32.1 Å². The standard InChI is InChI=1S/C13H14O3/c1-2-8-3-4-10-9(7-13(15)16)6-12(14)11(10)5-8/h3-5,9H,2,6-7H2,1H3,(H,15,16). The molecule has 0 bridgehead atoms. The highest BCUT2D eigenvalue weighted by atomic mass is 16.4. The Labute approximate surface area is 94.1 Å². The maximum atomic E-state index is 11.7. The topological polar surface area (TPSA) is 54.4 Å². The molecule has 84 valence electrons. The number of carboxylic acid groups (broad SMARTS) is 1. The molecule has 0 radical (unpaired) electrons. The minimum atomic E-state index is -0.842. The van der Waals surface area contributed by atoms with Crippen molar-refractivity contribution in [1.82, 2.24) is 0 Å². The Morgan fingerprint density at radius 2 is 2.25 bits per heavy atom. The largest absolute Gasteiger partial charge is 0.481 e. The second-order valence-corrected chi connectivity index (χ2v) is 4.20. The molecule has 0 amide bonds. The fraction of sp³-hybridized carbons (Fsp3) is 0.385. The van der Waals surface area contributed by atoms with Crippen LogP contribution in [-0.4, -0.2) is 16.9 Å². The van der Waals surface area contributed by atoms with E-state index in [1.54, 1.807) is 0 Å². The lowest BCUT2D eigenvalue weighted by molar-refractivity contribution is -0.137. The number of rotatable bonds is 3. The Morgan fingerprint density at radius 3 is 2.88 bits per heavy atom. The summed E-state index contributed by atoms with van der Waals surface area (Å²) in [5.74, 6) is -0.896. The van der Waals surface area contributed by atoms with Gasteiger partial charge in [0.25, 0.3) is 0 Å². The van der Waals surface area contributed by atoms with Crippen molar-refractivity contribution in [3.8, 4) is 0 Å². The van der Waals surface area contributed by atoms with Crippen LogP contribution >= 0.6 is 0 Å². The molecule has 0 saturated carbocycles. The van der Waals surface area contributed by atoms with Gasteiger partial charge in [0.05, 0.1) is 6.42 Å². The lowest BCUT2D eigenvalue weighted by Gasteiger charge is -2.07. The zero-order valence-corrected chi connectivity index (χ0v) is 9.19. The molecule has 1 aliphatic rings. The van der Waals surface area contributed by atoms with Crippen LogP contribution < -0.4 is 0 Å². The molecule has 1 aromatic rings. The molecule has 1 aliphatic carbocycles. The second-order valence-electron chi connectivity index (χ2n) is 4.20. The number of Topliss-reactive ketones (excluding diaryl/α,β-unsaturated/α-hetero) is 1. The Balaban J connectivity index is 2.36. The Kier molecular flexibility index (Phi) is 2.77. The third-order valence-electron chi connectivity index (χ3n) is 3.12. The number of hydrogen-bond donors (Lipinski definition) is 1. The lowest BCUT2D eigenvalue weighted by Crippen LogP contribution is -2.03. The van der Waals surface area contributed by atoms with Gasteiger partial charge >= 0.3 is 5.97 Å². The molecule has 3 nitrogen and oxygen atoms in total. The van der Waals surface area contributed by atoms with Gasteiger partial charge in [-0.2, -0.15) is 0 Å². The van der Waals surface area contributed by atoms with Gasteiger partial charge in [-0.05, 0) is 23.6 Å². The molecule has 0 spiro atoms. The number of carbonyl (C=O) groups excluding carboxylic acids is 1. The van der Waals surface area contributed by atoms with E-state index in [0.717, 1.165) is 23.1 Å². The predicted octanol–water partition coefficient (Wildman–Crippen LogP) is 2.39. The van der Waals surface area contributed by atoms with Crippen LogP contribution in [-0.2, 0) is 11.2 Å². The SMILES string of the molecule is CCc1ccc2c(c1)C(=O)CC2CC(=O)O. The van der Waals surface area contributed by atoms with E-state index in [2.05, 4.69) is 0 Å². The summed E-state index contributed by atoms with van der Waals surface area (Å²) in [5, 5.41) is 8.78. The third kappa shape index (κ3) is 1.85. The molecule has 1 N–H and O–H groups in total. The smallest absolute Gasteiger partial charge is 0.303 e. The van der Waals surface area contributed by atoms with Crippen LogP contribution in [0.25, 0.3) is 0 Å². The average molecular weight is 218 g/mol. The molecule has 1 aromatic carbocycles. The molecular formula is C13H14O3. The summed E-state index contributed by atoms with van der Waals surface area (Å²) in [6.45, 7) is 2.04. The zero-order valence-electron chi connectivity index (χ0n) is 9.19. The Hall–Kier alpha value is -1.64. The highest BCUT2D eigenvalue weighted by Gasteiger charge is 2.30. The van der Waals surface area contributed by atoms with E-state index in [1.807, 2.05) is 25.1 Å². The van der Waals surface area contributed by atoms with Gasteiger partial charge < -0.3 is 5.11 Å². The van der Waals surface area contributed by atoms with Gasteiger partial charge in [-0.25, -0.2) is 0 Å². The van der Waals surface area contributed by atoms with Crippen molar-refractivity contribution >= 4 is 11.8 Å². The van der Waals surface area contributed by atoms with Crippen molar-refractivity contribution in [2.24, 2.45) is 0 Å². The van der Waals surface area contributed by atoms with E-state index in [4.69, 9.17) is 5.11 Å². The minimum Gasteiger partial charge on any atom is -0.481 e. The maximum absolute atomic E-state index is 11.7. The molecular weight excluding hydrogens is 204 g/mol. The van der Waals surface area contributed by atoms with Crippen molar-refractivity contribution in [3.63, 3.8) is 0 Å². The van der Waals surface area contributed by atoms with Crippen molar-refractivity contribution in [2.75, 3.05) is 0 Å². The van der Waals surface area contributed by atoms with E-state index < -0.39 is 5.97 Å². The summed E-state index contributed by atoms with van der Waals surface area (Å²) < 4.78 is 0. The van der Waals surface area contributed by atoms with E-state index in [0.29, 0.717) is 6.42 Å². The lowest BCUT2D eigenvalue weighted by atomic mass is 9.96. The first-order chi connectivity index (χ1) is 7.61. The monoisotopic (exact) mass is 218 g/mol. The van der Waals surface area contributed by atoms with Crippen LogP contribution in [0.4, 0.5) is 0 Å². The van der Waals surface area contributed by atoms with E-state index in [9.17, 15) is 9.59 Å². The Morgan fingerprint density at radius 1 is 1.50 bits per heavy atom. The van der Waals surface area contributed by atoms with Gasteiger partial charge in [-0.15, -0.1) is 0 Å². The molecule has 0 aliphatic heterocycles. The zero-order chi connectivity index (χ0) is 11.7. The van der Waals surface area contributed by atoms with E-state index in [-0.39, 0.29) is 18.1 Å². The number of carbonyl (C=O) groups is 2. The van der Waals surface area contributed by atoms with Gasteiger partial charge in [-0.1, -0.05) is 19.1 Å². The molecule has 0 aromatic heterocycles. The molecule has 1 unspecified atom stereocenters. The van der Waals surface area contributed by atoms with Gasteiger partial charge in [-0.3, -0.25) is 9.59 Å². The van der Waals surface area contributed by atoms with Crippen LogP contribution in [0.1, 0.15) is 47.2 Å². The summed E-state index contributed by atoms with van der Waals surface area (Å²) >= 11 is 0. The fourth-order valence-corrected chi connectivity index (χ4v) is 2.26. The average Bonchev–Trinajstić information content (AvgIpc) is 2.54. The third-order valence-corrected chi connectivity index (χ3v) is 3.12. The summed E-state index contributed by atoms with van der Waals surface area (Å²) in [4.78, 5) is 22.4. The number of aliphatic carboxylic acids is 1. The van der Waals surface area contributed by atoms with Gasteiger partial charge in [0.2, 0.25) is 0 Å². The molecule has 0 fully saturated rings. The number of aryl methyl sites for hydroxylation is 1. The highest BCUT2D eigenvalue weighted by Crippen LogP contribution is 2.35. The fourth-order valence-electron chi connectivity index (χ4n) is 2.26. The van der Waals surface area contributed by atoms with E-state index in [1.165, 1.54) is 0 Å². The molecule has 16 heavy (non-hydrogen) atoms. The number of carboxylic acids is 1. The maximum Gasteiger partial charge on any atom is 0.303 e. The number of fused-ring (bicyclic) bond motifs is 1. The van der Waals surface area contributed by atoms with Crippen molar-refractivity contribution < 1.29 is 14.7 Å². The van der Waals surface area contributed by atoms with Crippen LogP contribution in [0.2, 0.25) is 0 Å². The van der Waals surface area contributed by atoms with Gasteiger partial charge in [0.1, 0.15) is 0 Å². The summed E-state index contributed by atoms with van der Waals surface area (Å²) in [5.41, 5.74) is 2.76. The first-order valence-corrected chi connectivity index (χ1v) is 5.49. The quantitative estimate of drug-likeness (QED) is 0.847. The van der Waals surface area contributed by atoms with Gasteiger partial charge in [0, 0.05) is 17.9 Å². The van der Waals surface area contributed by atoms with E-state index >= 15 is 0 Å². The van der Waals surface area contributed by atoms with Crippen LogP contribution in [0.3, 0.4) is 0 Å². The van der Waals surface area contributed by atoms with Crippen molar-refractivity contribution in [3.05, 3.63) is 34.9 Å². The normalized spacial score (nSPS) is 18.6. The van der Waals surface area contributed by atoms with Gasteiger partial charge in [0.15, 0.2) is 5.78 Å². The number of benzene rings is 1. The molecule has 0 saturated heterocycles. The summed E-state index contributed by atoms with van der Waals surface area (Å²) in [6, 6.07) is 5.79. The molecule has 1 atom stereocenters. The minimum absolute atomic E-state index is 0.0458. The van der Waals surface area contributed by atoms with Crippen LogP contribution in [0, 0.1) is 0 Å². The van der Waals surface area contributed by atoms with Crippen molar-refractivity contribution in [1.29, 1.82) is 0 Å². The van der Waals surface area contributed by atoms with Crippen LogP contribution in [0.15, 0.2) is 18.2 Å². The molecule has 0 heterocycles. The Bertz CT molecular complexity index is 448. The number of hydrogen-bond acceptors (Lipinski definition) is 2. The first-order valence-electron chi connectivity index (χ1n) is 5.49. The first kappa shape index (κ1) is 10.9. The highest BCUT2D eigenvalue weighted by molar-refractivity contribution is 6.02. The summed E-state index contributed by atoms with van der Waals surface area (Å²) in [7, 11) is 0. The summed E-state index contributed by atoms with van der Waals surface area (Å²) in [6.07, 6.45) is 1.28. The predicted molar refractivity (Wildman–Crippen MR) is 59.8 cm³/mol. The molecule has 3 heteroatoms. The molecule has 2 rings (SSSR count). The van der Waals surface area contributed by atoms with Crippen LogP contribution in [0.5, 0.6) is 0 Å². The second kappa shape index (κ2) is 4.08. The number of ketones is 1.